The zero-order chi connectivity index (χ0) is 14.7. The van der Waals surface area contributed by atoms with Gasteiger partial charge in [0.05, 0.1) is 17.5 Å². The lowest BCUT2D eigenvalue weighted by Crippen LogP contribution is -2.33. The number of imide groups is 1. The van der Waals surface area contributed by atoms with Crippen LogP contribution in [0.4, 0.5) is 5.69 Å². The van der Waals surface area contributed by atoms with Crippen LogP contribution in [0.3, 0.4) is 0 Å². The molecule has 2 fully saturated rings. The fourth-order valence-electron chi connectivity index (χ4n) is 4.20. The molecule has 3 aliphatic rings. The molecule has 2 bridgehead atoms. The van der Waals surface area contributed by atoms with E-state index in [0.717, 1.165) is 28.6 Å². The van der Waals surface area contributed by atoms with Crippen LogP contribution in [0, 0.1) is 23.7 Å². The Morgan fingerprint density at radius 3 is 2.33 bits per heavy atom. The van der Waals surface area contributed by atoms with Gasteiger partial charge in [0, 0.05) is 4.47 Å². The van der Waals surface area contributed by atoms with E-state index in [1.54, 1.807) is 0 Å². The van der Waals surface area contributed by atoms with Crippen molar-refractivity contribution in [2.45, 2.75) is 19.8 Å². The van der Waals surface area contributed by atoms with Crippen molar-refractivity contribution in [3.63, 3.8) is 0 Å². The fourth-order valence-corrected chi connectivity index (χ4v) is 4.60. The Morgan fingerprint density at radius 1 is 1.14 bits per heavy atom. The highest BCUT2D eigenvalue weighted by Crippen LogP contribution is 2.53. The summed E-state index contributed by atoms with van der Waals surface area (Å²) in [5.74, 6) is 0.281. The predicted molar refractivity (Wildman–Crippen MR) is 83.7 cm³/mol. The Morgan fingerprint density at radius 2 is 1.76 bits per heavy atom. The average molecular weight is 346 g/mol. The molecule has 1 saturated heterocycles. The molecule has 0 spiro atoms. The van der Waals surface area contributed by atoms with Crippen molar-refractivity contribution in [2.24, 2.45) is 23.7 Å². The number of hydrogen-bond acceptors (Lipinski definition) is 2. The smallest absolute Gasteiger partial charge is 0.238 e. The largest absolute Gasteiger partial charge is 0.274 e. The Labute approximate surface area is 132 Å². The predicted octanol–water partition coefficient (Wildman–Crippen LogP) is 3.32. The first-order valence-electron chi connectivity index (χ1n) is 7.46. The van der Waals surface area contributed by atoms with Gasteiger partial charge in [-0.2, -0.15) is 0 Å². The van der Waals surface area contributed by atoms with E-state index in [9.17, 15) is 9.59 Å². The molecule has 21 heavy (non-hydrogen) atoms. The van der Waals surface area contributed by atoms with Gasteiger partial charge in [-0.1, -0.05) is 35.0 Å². The molecule has 1 saturated carbocycles. The molecule has 0 aromatic heterocycles. The summed E-state index contributed by atoms with van der Waals surface area (Å²) >= 11 is 3.46. The van der Waals surface area contributed by atoms with Crippen molar-refractivity contribution in [1.82, 2.24) is 0 Å². The van der Waals surface area contributed by atoms with Crippen LogP contribution in [0.25, 0.3) is 0 Å². The third kappa shape index (κ3) is 1.71. The second-order valence-corrected chi connectivity index (χ2v) is 7.05. The van der Waals surface area contributed by atoms with Gasteiger partial charge < -0.3 is 0 Å². The monoisotopic (exact) mass is 345 g/mol. The molecule has 0 N–H and O–H groups in total. The third-order valence-electron chi connectivity index (χ3n) is 5.13. The first-order valence-corrected chi connectivity index (χ1v) is 8.25. The van der Waals surface area contributed by atoms with Crippen molar-refractivity contribution in [2.75, 3.05) is 4.90 Å². The highest BCUT2D eigenvalue weighted by atomic mass is 79.9. The topological polar surface area (TPSA) is 37.4 Å². The summed E-state index contributed by atoms with van der Waals surface area (Å²) in [6.45, 7) is 2.04. The number of fused-ring (bicyclic) bond motifs is 5. The Hall–Kier alpha value is -1.42. The number of nitrogens with zero attached hydrogens (tertiary/aromatic N) is 1. The van der Waals surface area contributed by atoms with E-state index in [1.807, 2.05) is 25.1 Å². The quantitative estimate of drug-likeness (QED) is 0.609. The Kier molecular flexibility index (Phi) is 2.86. The van der Waals surface area contributed by atoms with E-state index in [0.29, 0.717) is 0 Å². The number of aryl methyl sites for hydroxylation is 1. The van der Waals surface area contributed by atoms with Crippen molar-refractivity contribution in [3.05, 3.63) is 40.4 Å². The van der Waals surface area contributed by atoms with Gasteiger partial charge in [-0.15, -0.1) is 0 Å². The van der Waals surface area contributed by atoms with Gasteiger partial charge in [-0.25, -0.2) is 4.90 Å². The molecule has 4 heteroatoms. The molecule has 1 aromatic rings. The minimum Gasteiger partial charge on any atom is -0.274 e. The molecule has 3 nitrogen and oxygen atoms in total. The lowest BCUT2D eigenvalue weighted by atomic mass is 9.85. The number of anilines is 1. The summed E-state index contributed by atoms with van der Waals surface area (Å²) in [6.07, 6.45) is 6.03. The number of hydrogen-bond donors (Lipinski definition) is 0. The first-order chi connectivity index (χ1) is 10.1. The molecule has 1 aliphatic heterocycles. The standard InChI is InChI=1S/C17H16BrNO2/c1-2-9-8-12(18)5-6-13(9)19-16(20)14-10-3-4-11(7-10)15(14)17(19)21/h3-6,8,10-11,14-15H,2,7H2,1H3/t10-,11+,14-,15-/m0/s1. The van der Waals surface area contributed by atoms with Crippen LogP contribution in [0.5, 0.6) is 0 Å². The molecule has 4 atom stereocenters. The second kappa shape index (κ2) is 4.54. The fraction of sp³-hybridized carbons (Fsp3) is 0.412. The molecule has 2 aliphatic carbocycles. The minimum atomic E-state index is -0.124. The van der Waals surface area contributed by atoms with Crippen molar-refractivity contribution < 1.29 is 9.59 Å². The number of benzene rings is 1. The maximum atomic E-state index is 12.8. The van der Waals surface area contributed by atoms with E-state index >= 15 is 0 Å². The Balaban J connectivity index is 1.78. The maximum Gasteiger partial charge on any atom is 0.238 e. The SMILES string of the molecule is CCc1cc(Br)ccc1N1C(=O)[C@@H]2[C@@H](C1=O)[C@H]1C=C[C@@H]2C1. The van der Waals surface area contributed by atoms with Gasteiger partial charge in [-0.05, 0) is 48.4 Å². The van der Waals surface area contributed by atoms with Gasteiger partial charge in [0.2, 0.25) is 11.8 Å². The number of carbonyl (C=O) groups is 2. The van der Waals surface area contributed by atoms with E-state index < -0.39 is 0 Å². The lowest BCUT2D eigenvalue weighted by Gasteiger charge is -2.20. The van der Waals surface area contributed by atoms with Crippen LogP contribution >= 0.6 is 15.9 Å². The second-order valence-electron chi connectivity index (χ2n) is 6.14. The van der Waals surface area contributed by atoms with Crippen molar-refractivity contribution >= 4 is 33.4 Å². The van der Waals surface area contributed by atoms with E-state index in [4.69, 9.17) is 0 Å². The molecule has 1 aromatic carbocycles. The third-order valence-corrected chi connectivity index (χ3v) is 5.63. The minimum absolute atomic E-state index is 0.00104. The van der Waals surface area contributed by atoms with Crippen molar-refractivity contribution in [3.8, 4) is 0 Å². The first kappa shape index (κ1) is 13.3. The number of allylic oxidation sites excluding steroid dienone is 2. The zero-order valence-electron chi connectivity index (χ0n) is 11.8. The van der Waals surface area contributed by atoms with Crippen LogP contribution in [-0.4, -0.2) is 11.8 Å². The molecule has 108 valence electrons. The van der Waals surface area contributed by atoms with Crippen LogP contribution in [0.2, 0.25) is 0 Å². The zero-order valence-corrected chi connectivity index (χ0v) is 13.3. The normalized spacial score (nSPS) is 33.1. The van der Waals surface area contributed by atoms with Gasteiger partial charge in [0.15, 0.2) is 0 Å². The van der Waals surface area contributed by atoms with E-state index in [1.165, 1.54) is 4.90 Å². The van der Waals surface area contributed by atoms with Crippen LogP contribution in [-0.2, 0) is 16.0 Å². The van der Waals surface area contributed by atoms with Crippen LogP contribution in [0.1, 0.15) is 18.9 Å². The molecule has 0 radical (unpaired) electrons. The van der Waals surface area contributed by atoms with E-state index in [-0.39, 0.29) is 35.5 Å². The summed E-state index contributed by atoms with van der Waals surface area (Å²) in [5, 5.41) is 0. The average Bonchev–Trinajstić information content (AvgIpc) is 3.14. The van der Waals surface area contributed by atoms with Crippen LogP contribution in [0.15, 0.2) is 34.8 Å². The highest BCUT2D eigenvalue weighted by Gasteiger charge is 2.59. The van der Waals surface area contributed by atoms with Gasteiger partial charge in [0.1, 0.15) is 0 Å². The maximum absolute atomic E-state index is 12.8. The molecule has 0 unspecified atom stereocenters. The summed E-state index contributed by atoms with van der Waals surface area (Å²) in [4.78, 5) is 27.1. The molecular weight excluding hydrogens is 330 g/mol. The summed E-state index contributed by atoms with van der Waals surface area (Å²) in [7, 11) is 0. The summed E-state index contributed by atoms with van der Waals surface area (Å²) in [5.41, 5.74) is 1.80. The molecule has 2 amide bonds. The number of amides is 2. The molecular formula is C17H16BrNO2. The van der Waals surface area contributed by atoms with Crippen molar-refractivity contribution in [1.29, 1.82) is 0 Å². The highest BCUT2D eigenvalue weighted by molar-refractivity contribution is 9.10. The summed E-state index contributed by atoms with van der Waals surface area (Å²) in [6, 6.07) is 5.78. The van der Waals surface area contributed by atoms with Gasteiger partial charge in [-0.3, -0.25) is 9.59 Å². The van der Waals surface area contributed by atoms with Gasteiger partial charge in [0.25, 0.3) is 0 Å². The Bertz CT molecular complexity index is 651. The van der Waals surface area contributed by atoms with Crippen LogP contribution < -0.4 is 4.90 Å². The lowest BCUT2D eigenvalue weighted by molar-refractivity contribution is -0.123. The number of carbonyl (C=O) groups excluding carboxylic acids is 2. The van der Waals surface area contributed by atoms with Gasteiger partial charge >= 0.3 is 0 Å². The number of halogens is 1. The molecule has 1 heterocycles. The molecule has 4 rings (SSSR count). The summed E-state index contributed by atoms with van der Waals surface area (Å²) < 4.78 is 0.976. The van der Waals surface area contributed by atoms with E-state index in [2.05, 4.69) is 28.1 Å². The number of rotatable bonds is 2.